The van der Waals surface area contributed by atoms with Gasteiger partial charge in [0.05, 0.1) is 6.61 Å². The highest BCUT2D eigenvalue weighted by Crippen LogP contribution is 2.10. The van der Waals surface area contributed by atoms with Crippen molar-refractivity contribution in [1.82, 2.24) is 10.2 Å². The van der Waals surface area contributed by atoms with Gasteiger partial charge in [-0.05, 0) is 6.42 Å². The average Bonchev–Trinajstić information content (AvgIpc) is 2.59. The van der Waals surface area contributed by atoms with Crippen LogP contribution in [-0.4, -0.2) is 49.6 Å². The molecule has 1 fully saturated rings. The van der Waals surface area contributed by atoms with E-state index in [1.54, 1.807) is 7.11 Å². The Morgan fingerprint density at radius 2 is 2.00 bits per heavy atom. The lowest BCUT2D eigenvalue weighted by Crippen LogP contribution is -2.40. The summed E-state index contributed by atoms with van der Waals surface area (Å²) in [5.41, 5.74) is 0. The van der Waals surface area contributed by atoms with Gasteiger partial charge in [0.1, 0.15) is 0 Å². The topological polar surface area (TPSA) is 58.6 Å². The molecule has 0 aromatic heterocycles. The van der Waals surface area contributed by atoms with Crippen molar-refractivity contribution < 1.29 is 14.3 Å². The van der Waals surface area contributed by atoms with E-state index < -0.39 is 0 Å². The number of imide groups is 1. The number of nitrogens with one attached hydrogen (secondary N) is 1. The van der Waals surface area contributed by atoms with Gasteiger partial charge in [0.25, 0.3) is 0 Å². The predicted octanol–water partition coefficient (Wildman–Crippen LogP) is 0.150. The molecule has 2 amide bonds. The molecular formula is C11H20N2O3. The van der Waals surface area contributed by atoms with E-state index >= 15 is 0 Å². The number of amides is 2. The SMILES string of the molecule is CCC(COC)NCCN1C(=O)CCC1=O. The number of carbonyl (C=O) groups excluding carboxylic acids is 2. The molecule has 1 saturated heterocycles. The van der Waals surface area contributed by atoms with Gasteiger partial charge in [0, 0.05) is 39.1 Å². The average molecular weight is 228 g/mol. The van der Waals surface area contributed by atoms with Crippen LogP contribution in [0.3, 0.4) is 0 Å². The largest absolute Gasteiger partial charge is 0.383 e. The second-order valence-electron chi connectivity index (χ2n) is 3.95. The second-order valence-corrected chi connectivity index (χ2v) is 3.95. The zero-order valence-electron chi connectivity index (χ0n) is 9.99. The molecular weight excluding hydrogens is 208 g/mol. The lowest BCUT2D eigenvalue weighted by molar-refractivity contribution is -0.138. The van der Waals surface area contributed by atoms with Crippen LogP contribution in [0.4, 0.5) is 0 Å². The number of ether oxygens (including phenoxy) is 1. The minimum Gasteiger partial charge on any atom is -0.383 e. The molecule has 0 radical (unpaired) electrons. The quantitative estimate of drug-likeness (QED) is 0.630. The molecule has 0 aromatic carbocycles. The Morgan fingerprint density at radius 3 is 2.50 bits per heavy atom. The standard InChI is InChI=1S/C11H20N2O3/c1-3-9(8-16-2)12-6-7-13-10(14)4-5-11(13)15/h9,12H,3-8H2,1-2H3. The molecule has 1 heterocycles. The van der Waals surface area contributed by atoms with Crippen LogP contribution in [-0.2, 0) is 14.3 Å². The van der Waals surface area contributed by atoms with Gasteiger partial charge in [-0.2, -0.15) is 0 Å². The number of likely N-dealkylation sites (tertiary alicyclic amines) is 1. The first-order valence-electron chi connectivity index (χ1n) is 5.74. The summed E-state index contributed by atoms with van der Waals surface area (Å²) in [6.07, 6.45) is 1.71. The fourth-order valence-corrected chi connectivity index (χ4v) is 1.78. The lowest BCUT2D eigenvalue weighted by atomic mass is 10.2. The highest BCUT2D eigenvalue weighted by molar-refractivity contribution is 6.01. The van der Waals surface area contributed by atoms with Crippen molar-refractivity contribution in [3.8, 4) is 0 Å². The minimum absolute atomic E-state index is 0.0495. The van der Waals surface area contributed by atoms with Crippen LogP contribution in [0.1, 0.15) is 26.2 Å². The Labute approximate surface area is 96.1 Å². The van der Waals surface area contributed by atoms with Crippen molar-refractivity contribution in [2.45, 2.75) is 32.2 Å². The van der Waals surface area contributed by atoms with Gasteiger partial charge >= 0.3 is 0 Å². The Morgan fingerprint density at radius 1 is 1.38 bits per heavy atom. The maximum atomic E-state index is 11.3. The van der Waals surface area contributed by atoms with E-state index in [-0.39, 0.29) is 17.9 Å². The first-order chi connectivity index (χ1) is 7.69. The second kappa shape index (κ2) is 6.60. The van der Waals surface area contributed by atoms with E-state index in [4.69, 9.17) is 4.74 Å². The molecule has 0 spiro atoms. The Balaban J connectivity index is 2.23. The van der Waals surface area contributed by atoms with Crippen LogP contribution < -0.4 is 5.32 Å². The molecule has 92 valence electrons. The van der Waals surface area contributed by atoms with Crippen LogP contribution in [0.5, 0.6) is 0 Å². The molecule has 1 atom stereocenters. The van der Waals surface area contributed by atoms with E-state index in [2.05, 4.69) is 12.2 Å². The highest BCUT2D eigenvalue weighted by atomic mass is 16.5. The van der Waals surface area contributed by atoms with Crippen molar-refractivity contribution in [3.63, 3.8) is 0 Å². The highest BCUT2D eigenvalue weighted by Gasteiger charge is 2.28. The molecule has 0 bridgehead atoms. The van der Waals surface area contributed by atoms with Gasteiger partial charge in [-0.1, -0.05) is 6.92 Å². The summed E-state index contributed by atoms with van der Waals surface area (Å²) in [6.45, 7) is 3.83. The zero-order chi connectivity index (χ0) is 12.0. The molecule has 16 heavy (non-hydrogen) atoms. The van der Waals surface area contributed by atoms with Crippen LogP contribution >= 0.6 is 0 Å². The first-order valence-corrected chi connectivity index (χ1v) is 5.74. The zero-order valence-corrected chi connectivity index (χ0v) is 9.99. The summed E-state index contributed by atoms with van der Waals surface area (Å²) in [4.78, 5) is 24.0. The molecule has 0 saturated carbocycles. The van der Waals surface area contributed by atoms with Gasteiger partial charge in [-0.15, -0.1) is 0 Å². The van der Waals surface area contributed by atoms with Gasteiger partial charge in [0.2, 0.25) is 11.8 Å². The maximum Gasteiger partial charge on any atom is 0.229 e. The molecule has 1 rings (SSSR count). The molecule has 0 aliphatic carbocycles. The summed E-state index contributed by atoms with van der Waals surface area (Å²) in [7, 11) is 1.66. The fourth-order valence-electron chi connectivity index (χ4n) is 1.78. The molecule has 0 aromatic rings. The monoisotopic (exact) mass is 228 g/mol. The number of hydrogen-bond acceptors (Lipinski definition) is 4. The van der Waals surface area contributed by atoms with Crippen LogP contribution in [0.25, 0.3) is 0 Å². The molecule has 5 nitrogen and oxygen atoms in total. The first kappa shape index (κ1) is 13.1. The molecule has 1 aliphatic heterocycles. The summed E-state index contributed by atoms with van der Waals surface area (Å²) < 4.78 is 5.05. The van der Waals surface area contributed by atoms with E-state index in [1.807, 2.05) is 0 Å². The van der Waals surface area contributed by atoms with Crippen molar-refractivity contribution in [2.24, 2.45) is 0 Å². The molecule has 5 heteroatoms. The van der Waals surface area contributed by atoms with Crippen molar-refractivity contribution in [2.75, 3.05) is 26.8 Å². The number of rotatable bonds is 7. The number of hydrogen-bond donors (Lipinski definition) is 1. The number of methoxy groups -OCH3 is 1. The summed E-state index contributed by atoms with van der Waals surface area (Å²) in [6, 6.07) is 0.290. The van der Waals surface area contributed by atoms with Crippen LogP contribution in [0, 0.1) is 0 Å². The molecule has 1 N–H and O–H groups in total. The predicted molar refractivity (Wildman–Crippen MR) is 59.9 cm³/mol. The smallest absolute Gasteiger partial charge is 0.229 e. The summed E-state index contributed by atoms with van der Waals surface area (Å²) in [5.74, 6) is -0.0989. The number of nitrogens with zero attached hydrogens (tertiary/aromatic N) is 1. The Bertz CT molecular complexity index is 240. The third kappa shape index (κ3) is 3.57. The Hall–Kier alpha value is -0.940. The minimum atomic E-state index is -0.0495. The van der Waals surface area contributed by atoms with Gasteiger partial charge < -0.3 is 10.1 Å². The van der Waals surface area contributed by atoms with Crippen molar-refractivity contribution in [3.05, 3.63) is 0 Å². The van der Waals surface area contributed by atoms with E-state index in [1.165, 1.54) is 4.90 Å². The lowest BCUT2D eigenvalue weighted by Gasteiger charge is -2.18. The van der Waals surface area contributed by atoms with Crippen LogP contribution in [0.2, 0.25) is 0 Å². The van der Waals surface area contributed by atoms with Gasteiger partial charge in [-0.3, -0.25) is 14.5 Å². The molecule has 1 unspecified atom stereocenters. The van der Waals surface area contributed by atoms with Gasteiger partial charge in [0.15, 0.2) is 0 Å². The summed E-state index contributed by atoms with van der Waals surface area (Å²) >= 11 is 0. The van der Waals surface area contributed by atoms with E-state index in [0.717, 1.165) is 6.42 Å². The van der Waals surface area contributed by atoms with Crippen molar-refractivity contribution >= 4 is 11.8 Å². The number of carbonyl (C=O) groups is 2. The fraction of sp³-hybridized carbons (Fsp3) is 0.818. The Kier molecular flexibility index (Phi) is 5.42. The van der Waals surface area contributed by atoms with Crippen LogP contribution in [0.15, 0.2) is 0 Å². The summed E-state index contributed by atoms with van der Waals surface area (Å²) in [5, 5.41) is 3.27. The maximum absolute atomic E-state index is 11.3. The van der Waals surface area contributed by atoms with Gasteiger partial charge in [-0.25, -0.2) is 0 Å². The van der Waals surface area contributed by atoms with E-state index in [0.29, 0.717) is 32.5 Å². The third-order valence-corrected chi connectivity index (χ3v) is 2.78. The third-order valence-electron chi connectivity index (χ3n) is 2.78. The van der Waals surface area contributed by atoms with E-state index in [9.17, 15) is 9.59 Å². The normalized spacial score (nSPS) is 18.2. The molecule has 1 aliphatic rings. The van der Waals surface area contributed by atoms with Crippen molar-refractivity contribution in [1.29, 1.82) is 0 Å².